The van der Waals surface area contributed by atoms with E-state index >= 15 is 0 Å². The van der Waals surface area contributed by atoms with Crippen LogP contribution >= 0.6 is 11.6 Å². The van der Waals surface area contributed by atoms with Crippen molar-refractivity contribution in [2.24, 2.45) is 5.73 Å². The second kappa shape index (κ2) is 6.69. The highest BCUT2D eigenvalue weighted by Crippen LogP contribution is 2.18. The lowest BCUT2D eigenvalue weighted by molar-refractivity contribution is -0.122. The maximum atomic E-state index is 12.5. The largest absolute Gasteiger partial charge is 0.370 e. The van der Waals surface area contributed by atoms with E-state index in [4.69, 9.17) is 22.1 Å². The molecule has 0 saturated heterocycles. The van der Waals surface area contributed by atoms with Gasteiger partial charge in [0, 0.05) is 0 Å². The van der Waals surface area contributed by atoms with Gasteiger partial charge in [-0.1, -0.05) is 12.1 Å². The number of rotatable bonds is 6. The van der Waals surface area contributed by atoms with Crippen molar-refractivity contribution in [3.05, 3.63) is 40.4 Å². The lowest BCUT2D eigenvalue weighted by atomic mass is 10.2. The van der Waals surface area contributed by atoms with E-state index in [-0.39, 0.29) is 25.3 Å². The highest BCUT2D eigenvalue weighted by Gasteiger charge is 2.14. The first-order chi connectivity index (χ1) is 10.0. The van der Waals surface area contributed by atoms with Gasteiger partial charge in [0.2, 0.25) is 5.91 Å². The van der Waals surface area contributed by atoms with E-state index < -0.39 is 11.3 Å². The lowest BCUT2D eigenvalue weighted by Crippen LogP contribution is -2.28. The third-order valence-corrected chi connectivity index (χ3v) is 3.15. The van der Waals surface area contributed by atoms with E-state index in [0.29, 0.717) is 16.7 Å². The Bertz CT molecular complexity index is 712. The van der Waals surface area contributed by atoms with Gasteiger partial charge in [0.1, 0.15) is 12.4 Å². The Morgan fingerprint density at radius 2 is 2.19 bits per heavy atom. The normalized spacial score (nSPS) is 12.5. The van der Waals surface area contributed by atoms with E-state index in [1.807, 2.05) is 6.07 Å². The fourth-order valence-corrected chi connectivity index (χ4v) is 2.20. The monoisotopic (exact) mass is 309 g/mol. The third-order valence-electron chi connectivity index (χ3n) is 2.95. The molecule has 0 fully saturated rings. The minimum Gasteiger partial charge on any atom is -0.370 e. The van der Waals surface area contributed by atoms with Gasteiger partial charge in [0.05, 0.1) is 29.4 Å². The van der Waals surface area contributed by atoms with Crippen LogP contribution in [0.15, 0.2) is 29.1 Å². The number of nitrogens with two attached hydrogens (primary N) is 1. The highest BCUT2D eigenvalue weighted by atomic mass is 35.5. The maximum Gasteiger partial charge on any atom is 0.261 e. The van der Waals surface area contributed by atoms with Crippen LogP contribution in [0.25, 0.3) is 10.9 Å². The zero-order chi connectivity index (χ0) is 15.4. The number of hydrogen-bond donors (Lipinski definition) is 1. The Labute approximate surface area is 126 Å². The molecule has 2 aromatic rings. The standard InChI is InChI=1S/C14H16ClN3O3/c1-9(15)13-17-11-5-3-2-4-10(11)14(20)18(13)6-7-21-8-12(16)19/h2-5,9H,6-8H2,1H3,(H2,16,19). The number of ether oxygens (including phenoxy) is 1. The summed E-state index contributed by atoms with van der Waals surface area (Å²) in [6, 6.07) is 7.09. The average Bonchev–Trinajstić information content (AvgIpc) is 2.44. The molecule has 7 heteroatoms. The van der Waals surface area contributed by atoms with Crippen molar-refractivity contribution in [3.8, 4) is 0 Å². The molecule has 1 atom stereocenters. The number of nitrogens with zero attached hydrogens (tertiary/aromatic N) is 2. The summed E-state index contributed by atoms with van der Waals surface area (Å²) in [5, 5.41) is 0.104. The topological polar surface area (TPSA) is 87.2 Å². The molecule has 112 valence electrons. The van der Waals surface area contributed by atoms with Crippen LogP contribution in [0.5, 0.6) is 0 Å². The summed E-state index contributed by atoms with van der Waals surface area (Å²) in [5.41, 5.74) is 5.42. The number of carbonyl (C=O) groups is 1. The molecule has 0 spiro atoms. The zero-order valence-electron chi connectivity index (χ0n) is 11.6. The smallest absolute Gasteiger partial charge is 0.261 e. The van der Waals surface area contributed by atoms with Gasteiger partial charge in [-0.3, -0.25) is 14.2 Å². The van der Waals surface area contributed by atoms with Gasteiger partial charge in [-0.25, -0.2) is 4.98 Å². The number of fused-ring (bicyclic) bond motifs is 1. The third kappa shape index (κ3) is 3.59. The Morgan fingerprint density at radius 3 is 2.86 bits per heavy atom. The van der Waals surface area contributed by atoms with Crippen LogP contribution in [0, 0.1) is 0 Å². The van der Waals surface area contributed by atoms with Crippen LogP contribution < -0.4 is 11.3 Å². The minimum absolute atomic E-state index is 0.175. The van der Waals surface area contributed by atoms with Crippen LogP contribution in [0.1, 0.15) is 18.1 Å². The SMILES string of the molecule is CC(Cl)c1nc2ccccc2c(=O)n1CCOCC(N)=O. The van der Waals surface area contributed by atoms with E-state index in [0.717, 1.165) is 0 Å². The number of carbonyl (C=O) groups excluding carboxylic acids is 1. The first-order valence-electron chi connectivity index (χ1n) is 6.50. The number of amides is 1. The number of para-hydroxylation sites is 1. The van der Waals surface area contributed by atoms with E-state index in [9.17, 15) is 9.59 Å². The molecule has 0 saturated carbocycles. The second-order valence-electron chi connectivity index (χ2n) is 4.58. The van der Waals surface area contributed by atoms with E-state index in [1.165, 1.54) is 4.57 Å². The number of alkyl halides is 1. The number of halogens is 1. The van der Waals surface area contributed by atoms with Crippen LogP contribution in [0.2, 0.25) is 0 Å². The van der Waals surface area contributed by atoms with Crippen LogP contribution in [0.3, 0.4) is 0 Å². The quantitative estimate of drug-likeness (QED) is 0.641. The molecule has 0 aliphatic rings. The molecule has 0 aliphatic carbocycles. The van der Waals surface area contributed by atoms with Crippen molar-refractivity contribution >= 4 is 28.4 Å². The molecule has 1 aromatic heterocycles. The molecule has 6 nitrogen and oxygen atoms in total. The molecule has 0 aliphatic heterocycles. The summed E-state index contributed by atoms with van der Waals surface area (Å²) < 4.78 is 6.57. The molecule has 1 heterocycles. The number of primary amides is 1. The Morgan fingerprint density at radius 1 is 1.48 bits per heavy atom. The summed E-state index contributed by atoms with van der Waals surface area (Å²) in [4.78, 5) is 27.6. The molecule has 1 aromatic carbocycles. The molecule has 1 amide bonds. The van der Waals surface area contributed by atoms with E-state index in [1.54, 1.807) is 25.1 Å². The lowest BCUT2D eigenvalue weighted by Gasteiger charge is -2.14. The number of aromatic nitrogens is 2. The van der Waals surface area contributed by atoms with Crippen molar-refractivity contribution < 1.29 is 9.53 Å². The molecule has 2 N–H and O–H groups in total. The predicted molar refractivity (Wildman–Crippen MR) is 80.3 cm³/mol. The van der Waals surface area contributed by atoms with Crippen molar-refractivity contribution in [2.45, 2.75) is 18.8 Å². The molecule has 0 bridgehead atoms. The first kappa shape index (κ1) is 15.5. The van der Waals surface area contributed by atoms with Gasteiger partial charge in [0.25, 0.3) is 5.56 Å². The summed E-state index contributed by atoms with van der Waals surface area (Å²) in [7, 11) is 0. The summed E-state index contributed by atoms with van der Waals surface area (Å²) >= 11 is 6.11. The molecule has 2 rings (SSSR count). The zero-order valence-corrected chi connectivity index (χ0v) is 12.3. The average molecular weight is 310 g/mol. The van der Waals surface area contributed by atoms with Crippen LogP contribution in [-0.4, -0.2) is 28.7 Å². The van der Waals surface area contributed by atoms with Gasteiger partial charge in [-0.2, -0.15) is 0 Å². The fourth-order valence-electron chi connectivity index (χ4n) is 2.03. The van der Waals surface area contributed by atoms with Crippen molar-refractivity contribution in [2.75, 3.05) is 13.2 Å². The fraction of sp³-hybridized carbons (Fsp3) is 0.357. The van der Waals surface area contributed by atoms with Gasteiger partial charge >= 0.3 is 0 Å². The minimum atomic E-state index is -0.551. The number of benzene rings is 1. The molecular formula is C14H16ClN3O3. The Hall–Kier alpha value is -1.92. The van der Waals surface area contributed by atoms with Crippen molar-refractivity contribution in [1.82, 2.24) is 9.55 Å². The van der Waals surface area contributed by atoms with Crippen LogP contribution in [-0.2, 0) is 16.1 Å². The molecular weight excluding hydrogens is 294 g/mol. The predicted octanol–water partition coefficient (Wildman–Crippen LogP) is 1.20. The molecule has 21 heavy (non-hydrogen) atoms. The molecule has 1 unspecified atom stereocenters. The van der Waals surface area contributed by atoms with Crippen molar-refractivity contribution in [1.29, 1.82) is 0 Å². The van der Waals surface area contributed by atoms with Crippen molar-refractivity contribution in [3.63, 3.8) is 0 Å². The number of hydrogen-bond acceptors (Lipinski definition) is 4. The van der Waals surface area contributed by atoms with Gasteiger partial charge in [-0.15, -0.1) is 11.6 Å². The van der Waals surface area contributed by atoms with Crippen LogP contribution in [0.4, 0.5) is 0 Å². The maximum absolute atomic E-state index is 12.5. The summed E-state index contributed by atoms with van der Waals surface area (Å²) in [5.74, 6) is -0.0760. The van der Waals surface area contributed by atoms with Gasteiger partial charge < -0.3 is 10.5 Å². The summed E-state index contributed by atoms with van der Waals surface area (Å²) in [6.45, 7) is 2.01. The van der Waals surface area contributed by atoms with Gasteiger partial charge in [0.15, 0.2) is 0 Å². The van der Waals surface area contributed by atoms with E-state index in [2.05, 4.69) is 4.98 Å². The molecule has 0 radical (unpaired) electrons. The Kier molecular flexibility index (Phi) is 4.93. The highest BCUT2D eigenvalue weighted by molar-refractivity contribution is 6.20. The van der Waals surface area contributed by atoms with Gasteiger partial charge in [-0.05, 0) is 19.1 Å². The Balaban J connectivity index is 2.35. The summed E-state index contributed by atoms with van der Waals surface area (Å²) in [6.07, 6.45) is 0. The first-order valence-corrected chi connectivity index (χ1v) is 6.94. The second-order valence-corrected chi connectivity index (χ2v) is 5.23.